The third kappa shape index (κ3) is 2.34. The van der Waals surface area contributed by atoms with Crippen LogP contribution in [0.3, 0.4) is 0 Å². The highest BCUT2D eigenvalue weighted by Crippen LogP contribution is 2.25. The Morgan fingerprint density at radius 3 is 3.06 bits per heavy atom. The first kappa shape index (κ1) is 10.6. The maximum atomic E-state index is 9.40. The number of rotatable bonds is 3. The highest BCUT2D eigenvalue weighted by molar-refractivity contribution is 7.13. The number of hydrogen-bond acceptors (Lipinski definition) is 6. The molecule has 2 rings (SSSR count). The van der Waals surface area contributed by atoms with Crippen molar-refractivity contribution in [1.29, 1.82) is 0 Å². The molecule has 0 bridgehead atoms. The summed E-state index contributed by atoms with van der Waals surface area (Å²) in [6.45, 7) is 0. The van der Waals surface area contributed by atoms with Gasteiger partial charge in [-0.3, -0.25) is 0 Å². The molecule has 6 heteroatoms. The molecule has 1 heterocycles. The molecule has 0 fully saturated rings. The van der Waals surface area contributed by atoms with E-state index < -0.39 is 0 Å². The Morgan fingerprint density at radius 2 is 2.38 bits per heavy atom. The standard InChI is InChI=1S/C10H9N3O2S/c1-15-9-4-7(2-3-8(9)14)5-11-10-13-12-6-16-10/h2-6,14H,1H3/b11-5+. The Balaban J connectivity index is 2.22. The van der Waals surface area contributed by atoms with Gasteiger partial charge < -0.3 is 9.84 Å². The summed E-state index contributed by atoms with van der Waals surface area (Å²) in [6.07, 6.45) is 1.64. The number of nitrogens with zero attached hydrogens (tertiary/aromatic N) is 3. The summed E-state index contributed by atoms with van der Waals surface area (Å²) in [4.78, 5) is 4.12. The molecule has 1 aromatic carbocycles. The second-order valence-electron chi connectivity index (χ2n) is 2.91. The molecule has 0 aliphatic rings. The summed E-state index contributed by atoms with van der Waals surface area (Å²) in [7, 11) is 1.50. The molecule has 16 heavy (non-hydrogen) atoms. The van der Waals surface area contributed by atoms with Crippen LogP contribution in [0.2, 0.25) is 0 Å². The highest BCUT2D eigenvalue weighted by Gasteiger charge is 2.00. The first-order chi connectivity index (χ1) is 7.79. The highest BCUT2D eigenvalue weighted by atomic mass is 32.1. The van der Waals surface area contributed by atoms with E-state index in [0.29, 0.717) is 10.9 Å². The molecule has 5 nitrogen and oxygen atoms in total. The van der Waals surface area contributed by atoms with E-state index in [2.05, 4.69) is 15.2 Å². The monoisotopic (exact) mass is 235 g/mol. The van der Waals surface area contributed by atoms with Crippen LogP contribution in [0, 0.1) is 0 Å². The van der Waals surface area contributed by atoms with E-state index in [9.17, 15) is 5.11 Å². The fourth-order valence-corrected chi connectivity index (χ4v) is 1.52. The minimum absolute atomic E-state index is 0.107. The molecule has 0 saturated carbocycles. The zero-order valence-electron chi connectivity index (χ0n) is 8.49. The third-order valence-electron chi connectivity index (χ3n) is 1.88. The van der Waals surface area contributed by atoms with Gasteiger partial charge in [-0.1, -0.05) is 11.3 Å². The van der Waals surface area contributed by atoms with Gasteiger partial charge in [0.25, 0.3) is 0 Å². The van der Waals surface area contributed by atoms with Crippen LogP contribution in [-0.4, -0.2) is 28.6 Å². The van der Waals surface area contributed by atoms with Crippen molar-refractivity contribution < 1.29 is 9.84 Å². The van der Waals surface area contributed by atoms with Crippen LogP contribution < -0.4 is 4.74 Å². The normalized spacial score (nSPS) is 10.8. The van der Waals surface area contributed by atoms with Crippen molar-refractivity contribution in [2.24, 2.45) is 4.99 Å². The van der Waals surface area contributed by atoms with Crippen molar-refractivity contribution in [2.45, 2.75) is 0 Å². The second kappa shape index (κ2) is 4.71. The second-order valence-corrected chi connectivity index (χ2v) is 3.72. The van der Waals surface area contributed by atoms with Crippen LogP contribution in [0.25, 0.3) is 0 Å². The molecule has 1 aromatic heterocycles. The Labute approximate surface area is 96.1 Å². The minimum Gasteiger partial charge on any atom is -0.504 e. The predicted octanol–water partition coefficient (Wildman–Crippen LogP) is 2.00. The van der Waals surface area contributed by atoms with Crippen molar-refractivity contribution >= 4 is 22.7 Å². The summed E-state index contributed by atoms with van der Waals surface area (Å²) < 4.78 is 4.99. The quantitative estimate of drug-likeness (QED) is 0.826. The molecule has 0 amide bonds. The van der Waals surface area contributed by atoms with E-state index in [1.54, 1.807) is 29.9 Å². The van der Waals surface area contributed by atoms with Gasteiger partial charge in [0.1, 0.15) is 5.51 Å². The fourth-order valence-electron chi connectivity index (χ4n) is 1.13. The van der Waals surface area contributed by atoms with Crippen molar-refractivity contribution in [2.75, 3.05) is 7.11 Å². The molecular formula is C10H9N3O2S. The average Bonchev–Trinajstić information content (AvgIpc) is 2.81. The zero-order valence-corrected chi connectivity index (χ0v) is 9.31. The van der Waals surface area contributed by atoms with Crippen LogP contribution in [0.15, 0.2) is 28.7 Å². The van der Waals surface area contributed by atoms with Gasteiger partial charge in [-0.2, -0.15) is 0 Å². The molecule has 0 unspecified atom stereocenters. The van der Waals surface area contributed by atoms with Crippen molar-refractivity contribution in [1.82, 2.24) is 10.2 Å². The number of ether oxygens (including phenoxy) is 1. The Hall–Kier alpha value is -1.95. The Morgan fingerprint density at radius 1 is 1.50 bits per heavy atom. The summed E-state index contributed by atoms with van der Waals surface area (Å²) in [6, 6.07) is 4.99. The van der Waals surface area contributed by atoms with Gasteiger partial charge in [0.2, 0.25) is 5.13 Å². The van der Waals surface area contributed by atoms with Crippen LogP contribution in [0.5, 0.6) is 11.5 Å². The van der Waals surface area contributed by atoms with E-state index >= 15 is 0 Å². The lowest BCUT2D eigenvalue weighted by atomic mass is 10.2. The van der Waals surface area contributed by atoms with Gasteiger partial charge in [0.15, 0.2) is 11.5 Å². The number of methoxy groups -OCH3 is 1. The Bertz CT molecular complexity index is 497. The maximum absolute atomic E-state index is 9.40. The number of benzene rings is 1. The molecule has 0 spiro atoms. The smallest absolute Gasteiger partial charge is 0.231 e. The summed E-state index contributed by atoms with van der Waals surface area (Å²) in [5, 5.41) is 17.4. The van der Waals surface area contributed by atoms with Gasteiger partial charge in [-0.05, 0) is 23.8 Å². The first-order valence-electron chi connectivity index (χ1n) is 4.47. The van der Waals surface area contributed by atoms with Crippen LogP contribution in [0.1, 0.15) is 5.56 Å². The number of phenols is 1. The molecule has 0 aliphatic carbocycles. The molecule has 82 valence electrons. The predicted molar refractivity (Wildman–Crippen MR) is 61.8 cm³/mol. The van der Waals surface area contributed by atoms with E-state index in [-0.39, 0.29) is 5.75 Å². The van der Waals surface area contributed by atoms with Crippen molar-refractivity contribution in [3.63, 3.8) is 0 Å². The molecule has 2 aromatic rings. The number of aromatic nitrogens is 2. The van der Waals surface area contributed by atoms with Crippen LogP contribution >= 0.6 is 11.3 Å². The molecule has 0 radical (unpaired) electrons. The van der Waals surface area contributed by atoms with Gasteiger partial charge in [0, 0.05) is 6.21 Å². The average molecular weight is 235 g/mol. The Kier molecular flexibility index (Phi) is 3.11. The fraction of sp³-hybridized carbons (Fsp3) is 0.100. The minimum atomic E-state index is 0.107. The van der Waals surface area contributed by atoms with Crippen molar-refractivity contribution in [3.05, 3.63) is 29.3 Å². The largest absolute Gasteiger partial charge is 0.504 e. The lowest BCUT2D eigenvalue weighted by molar-refractivity contribution is 0.373. The molecular weight excluding hydrogens is 226 g/mol. The number of hydrogen-bond donors (Lipinski definition) is 1. The van der Waals surface area contributed by atoms with Gasteiger partial charge in [-0.25, -0.2) is 4.99 Å². The number of aromatic hydroxyl groups is 1. The molecule has 1 N–H and O–H groups in total. The number of aliphatic imine (C=N–C) groups is 1. The summed E-state index contributed by atoms with van der Waals surface area (Å²) >= 11 is 1.35. The third-order valence-corrected chi connectivity index (χ3v) is 2.47. The molecule has 0 atom stereocenters. The number of phenolic OH excluding ortho intramolecular Hbond substituents is 1. The van der Waals surface area contributed by atoms with Gasteiger partial charge in [-0.15, -0.1) is 10.2 Å². The van der Waals surface area contributed by atoms with E-state index in [1.807, 2.05) is 0 Å². The lowest BCUT2D eigenvalue weighted by Crippen LogP contribution is -1.86. The molecule has 0 aliphatic heterocycles. The first-order valence-corrected chi connectivity index (χ1v) is 5.35. The van der Waals surface area contributed by atoms with Gasteiger partial charge >= 0.3 is 0 Å². The lowest BCUT2D eigenvalue weighted by Gasteiger charge is -2.02. The maximum Gasteiger partial charge on any atom is 0.231 e. The van der Waals surface area contributed by atoms with Crippen molar-refractivity contribution in [3.8, 4) is 11.5 Å². The van der Waals surface area contributed by atoms with Crippen LogP contribution in [0.4, 0.5) is 5.13 Å². The summed E-state index contributed by atoms with van der Waals surface area (Å²) in [5.41, 5.74) is 2.44. The van der Waals surface area contributed by atoms with E-state index in [1.165, 1.54) is 18.4 Å². The topological polar surface area (TPSA) is 67.6 Å². The van der Waals surface area contributed by atoms with E-state index in [0.717, 1.165) is 5.56 Å². The van der Waals surface area contributed by atoms with Crippen LogP contribution in [-0.2, 0) is 0 Å². The molecule has 0 saturated heterocycles. The SMILES string of the molecule is COc1cc(/C=N/c2nncs2)ccc1O. The zero-order chi connectivity index (χ0) is 11.4. The summed E-state index contributed by atoms with van der Waals surface area (Å²) in [5.74, 6) is 0.525. The van der Waals surface area contributed by atoms with E-state index in [4.69, 9.17) is 4.74 Å². The van der Waals surface area contributed by atoms with Gasteiger partial charge in [0.05, 0.1) is 7.11 Å².